The molecule has 0 unspecified atom stereocenters. The maximum Gasteiger partial charge on any atom is 0.221 e. The molecule has 0 aliphatic carbocycles. The van der Waals surface area contributed by atoms with E-state index in [1.807, 2.05) is 26.0 Å². The van der Waals surface area contributed by atoms with Crippen LogP contribution in [-0.2, 0) is 11.3 Å². The third kappa shape index (κ3) is 8.55. The highest BCUT2D eigenvalue weighted by atomic mass is 127. The number of hydrogen-bond acceptors (Lipinski definition) is 5. The number of carbonyl (C=O) groups excluding carboxylic acids is 1. The van der Waals surface area contributed by atoms with Gasteiger partial charge in [0, 0.05) is 32.6 Å². The van der Waals surface area contributed by atoms with Crippen LogP contribution in [0.3, 0.4) is 0 Å². The average molecular weight is 494 g/mol. The molecular weight excluding hydrogens is 463 g/mol. The lowest BCUT2D eigenvalue weighted by Gasteiger charge is -2.16. The predicted molar refractivity (Wildman–Crippen MR) is 118 cm³/mol. The van der Waals surface area contributed by atoms with Crippen molar-refractivity contribution in [3.05, 3.63) is 17.7 Å². The van der Waals surface area contributed by atoms with Crippen LogP contribution in [0.4, 0.5) is 0 Å². The van der Waals surface area contributed by atoms with Crippen molar-refractivity contribution in [2.24, 2.45) is 4.99 Å². The molecule has 154 valence electrons. The van der Waals surface area contributed by atoms with Gasteiger partial charge in [0.05, 0.1) is 21.3 Å². The number of hydrogen-bond donors (Lipinski definition) is 3. The standard InChI is InChI=1S/C18H30N4O4.HI/c1-12(2)22-16(23)7-8-20-18(19-3)21-11-13-9-14(24-4)17(26-6)15(10-13)25-5;/h9-10,12H,7-8,11H2,1-6H3,(H,22,23)(H2,19,20,21);1H. The lowest BCUT2D eigenvalue weighted by Crippen LogP contribution is -2.39. The van der Waals surface area contributed by atoms with Crippen LogP contribution in [0.2, 0.25) is 0 Å². The van der Waals surface area contributed by atoms with E-state index in [-0.39, 0.29) is 35.9 Å². The first kappa shape index (κ1) is 25.1. The molecule has 27 heavy (non-hydrogen) atoms. The highest BCUT2D eigenvalue weighted by molar-refractivity contribution is 14.0. The highest BCUT2D eigenvalue weighted by Crippen LogP contribution is 2.38. The number of halogens is 1. The summed E-state index contributed by atoms with van der Waals surface area (Å²) in [7, 11) is 6.41. The van der Waals surface area contributed by atoms with Gasteiger partial charge in [0.2, 0.25) is 11.7 Å². The molecule has 0 aromatic heterocycles. The van der Waals surface area contributed by atoms with Crippen molar-refractivity contribution in [2.45, 2.75) is 32.9 Å². The molecule has 0 aliphatic heterocycles. The number of carbonyl (C=O) groups is 1. The monoisotopic (exact) mass is 494 g/mol. The molecule has 0 fully saturated rings. The second-order valence-corrected chi connectivity index (χ2v) is 5.86. The first-order valence-electron chi connectivity index (χ1n) is 8.47. The number of benzene rings is 1. The minimum atomic E-state index is 0. The number of amides is 1. The summed E-state index contributed by atoms with van der Waals surface area (Å²) >= 11 is 0. The van der Waals surface area contributed by atoms with Gasteiger partial charge in [0.1, 0.15) is 0 Å². The van der Waals surface area contributed by atoms with Crippen LogP contribution in [0.15, 0.2) is 17.1 Å². The summed E-state index contributed by atoms with van der Waals surface area (Å²) in [4.78, 5) is 15.8. The van der Waals surface area contributed by atoms with E-state index in [0.717, 1.165) is 5.56 Å². The van der Waals surface area contributed by atoms with Crippen LogP contribution in [0.5, 0.6) is 17.2 Å². The van der Waals surface area contributed by atoms with Gasteiger partial charge in [-0.15, -0.1) is 24.0 Å². The van der Waals surface area contributed by atoms with E-state index in [9.17, 15) is 4.79 Å². The lowest BCUT2D eigenvalue weighted by molar-refractivity contribution is -0.121. The van der Waals surface area contributed by atoms with Gasteiger partial charge in [0.25, 0.3) is 0 Å². The van der Waals surface area contributed by atoms with Crippen molar-refractivity contribution in [1.29, 1.82) is 0 Å². The molecule has 0 saturated carbocycles. The largest absolute Gasteiger partial charge is 0.493 e. The summed E-state index contributed by atoms with van der Waals surface area (Å²) in [5.74, 6) is 2.36. The van der Waals surface area contributed by atoms with E-state index in [2.05, 4.69) is 20.9 Å². The lowest BCUT2D eigenvalue weighted by atomic mass is 10.2. The second kappa shape index (κ2) is 13.3. The minimum Gasteiger partial charge on any atom is -0.493 e. The molecule has 1 aromatic carbocycles. The Kier molecular flexibility index (Phi) is 12.3. The maximum atomic E-state index is 11.7. The van der Waals surface area contributed by atoms with Crippen LogP contribution in [0, 0.1) is 0 Å². The Hall–Kier alpha value is -1.91. The minimum absolute atomic E-state index is 0. The Morgan fingerprint density at radius 3 is 2.11 bits per heavy atom. The second-order valence-electron chi connectivity index (χ2n) is 5.86. The van der Waals surface area contributed by atoms with Gasteiger partial charge in [-0.3, -0.25) is 9.79 Å². The normalized spacial score (nSPS) is 10.7. The number of rotatable bonds is 9. The molecular formula is C18H31IN4O4. The maximum absolute atomic E-state index is 11.7. The molecule has 0 aliphatic rings. The first-order valence-corrected chi connectivity index (χ1v) is 8.47. The number of methoxy groups -OCH3 is 3. The first-order chi connectivity index (χ1) is 12.4. The van der Waals surface area contributed by atoms with E-state index < -0.39 is 0 Å². The van der Waals surface area contributed by atoms with Crippen LogP contribution in [0.25, 0.3) is 0 Å². The Labute approximate surface area is 178 Å². The third-order valence-corrected chi connectivity index (χ3v) is 3.50. The van der Waals surface area contributed by atoms with E-state index in [4.69, 9.17) is 14.2 Å². The molecule has 9 heteroatoms. The van der Waals surface area contributed by atoms with Crippen LogP contribution >= 0.6 is 24.0 Å². The molecule has 0 radical (unpaired) electrons. The number of ether oxygens (including phenoxy) is 3. The van der Waals surface area contributed by atoms with Gasteiger partial charge in [0.15, 0.2) is 17.5 Å². The number of nitrogens with one attached hydrogen (secondary N) is 3. The van der Waals surface area contributed by atoms with Crippen LogP contribution in [-0.4, -0.2) is 52.8 Å². The zero-order valence-electron chi connectivity index (χ0n) is 16.8. The summed E-state index contributed by atoms with van der Waals surface area (Å²) in [6.07, 6.45) is 0.378. The zero-order valence-corrected chi connectivity index (χ0v) is 19.2. The van der Waals surface area contributed by atoms with Gasteiger partial charge in [-0.2, -0.15) is 0 Å². The summed E-state index contributed by atoms with van der Waals surface area (Å²) in [5.41, 5.74) is 0.944. The summed E-state index contributed by atoms with van der Waals surface area (Å²) in [5, 5.41) is 9.16. The summed E-state index contributed by atoms with van der Waals surface area (Å²) < 4.78 is 16.0. The van der Waals surface area contributed by atoms with Crippen LogP contribution < -0.4 is 30.2 Å². The fourth-order valence-electron chi connectivity index (χ4n) is 2.33. The predicted octanol–water partition coefficient (Wildman–Crippen LogP) is 1.91. The van der Waals surface area contributed by atoms with Crippen molar-refractivity contribution < 1.29 is 19.0 Å². The SMILES string of the molecule is CN=C(NCCC(=O)NC(C)C)NCc1cc(OC)c(OC)c(OC)c1.I. The molecule has 1 rings (SSSR count). The topological polar surface area (TPSA) is 93.2 Å². The van der Waals surface area contributed by atoms with Crippen molar-refractivity contribution in [3.8, 4) is 17.2 Å². The van der Waals surface area contributed by atoms with Crippen molar-refractivity contribution >= 4 is 35.8 Å². The average Bonchev–Trinajstić information content (AvgIpc) is 2.62. The molecule has 3 N–H and O–H groups in total. The number of aliphatic imine (C=N–C) groups is 1. The number of nitrogens with zero attached hydrogens (tertiary/aromatic N) is 1. The Balaban J connectivity index is 0.00000676. The quantitative estimate of drug-likeness (QED) is 0.276. The molecule has 0 heterocycles. The van der Waals surface area contributed by atoms with Gasteiger partial charge in [-0.25, -0.2) is 0 Å². The van der Waals surface area contributed by atoms with Gasteiger partial charge >= 0.3 is 0 Å². The third-order valence-electron chi connectivity index (χ3n) is 3.50. The molecule has 0 saturated heterocycles. The van der Waals surface area contributed by atoms with E-state index in [0.29, 0.717) is 42.7 Å². The van der Waals surface area contributed by atoms with Crippen LogP contribution in [0.1, 0.15) is 25.8 Å². The molecule has 0 spiro atoms. The Morgan fingerprint density at radius 2 is 1.67 bits per heavy atom. The zero-order chi connectivity index (χ0) is 19.5. The number of guanidine groups is 1. The summed E-state index contributed by atoms with van der Waals surface area (Å²) in [6, 6.07) is 3.88. The molecule has 1 aromatic rings. The molecule has 8 nitrogen and oxygen atoms in total. The van der Waals surface area contributed by atoms with Crippen molar-refractivity contribution in [2.75, 3.05) is 34.9 Å². The Morgan fingerprint density at radius 1 is 1.07 bits per heavy atom. The van der Waals surface area contributed by atoms with Crippen molar-refractivity contribution in [1.82, 2.24) is 16.0 Å². The van der Waals surface area contributed by atoms with Gasteiger partial charge in [-0.1, -0.05) is 0 Å². The van der Waals surface area contributed by atoms with Gasteiger partial charge < -0.3 is 30.2 Å². The molecule has 0 bridgehead atoms. The fraction of sp³-hybridized carbons (Fsp3) is 0.556. The van der Waals surface area contributed by atoms with E-state index in [1.165, 1.54) is 0 Å². The van der Waals surface area contributed by atoms with E-state index >= 15 is 0 Å². The Bertz CT molecular complexity index is 598. The van der Waals surface area contributed by atoms with Crippen molar-refractivity contribution in [3.63, 3.8) is 0 Å². The smallest absolute Gasteiger partial charge is 0.221 e. The molecule has 1 amide bonds. The van der Waals surface area contributed by atoms with Gasteiger partial charge in [-0.05, 0) is 31.5 Å². The van der Waals surface area contributed by atoms with E-state index in [1.54, 1.807) is 28.4 Å². The molecule has 0 atom stereocenters. The highest BCUT2D eigenvalue weighted by Gasteiger charge is 2.13. The summed E-state index contributed by atoms with van der Waals surface area (Å²) in [6.45, 7) is 4.87. The fourth-order valence-corrected chi connectivity index (χ4v) is 2.33.